The van der Waals surface area contributed by atoms with Crippen molar-refractivity contribution in [1.29, 1.82) is 0 Å². The number of nitrogens with one attached hydrogen (secondary N) is 1. The summed E-state index contributed by atoms with van der Waals surface area (Å²) in [6, 6.07) is 5.42. The molecule has 1 heterocycles. The molecule has 0 aliphatic carbocycles. The first kappa shape index (κ1) is 21.1. The number of rotatable bonds is 7. The molecule has 0 unspecified atom stereocenters. The Labute approximate surface area is 162 Å². The second-order valence-corrected chi connectivity index (χ2v) is 6.53. The third kappa shape index (κ3) is 4.94. The lowest BCUT2D eigenvalue weighted by Crippen LogP contribution is -2.37. The van der Waals surface area contributed by atoms with Gasteiger partial charge in [-0.05, 0) is 38.5 Å². The Kier molecular flexibility index (Phi) is 6.87. The van der Waals surface area contributed by atoms with E-state index in [0.717, 1.165) is 11.1 Å². The summed E-state index contributed by atoms with van der Waals surface area (Å²) >= 11 is 0. The highest BCUT2D eigenvalue weighted by Crippen LogP contribution is 2.15. The van der Waals surface area contributed by atoms with Crippen LogP contribution in [0.1, 0.15) is 46.6 Å². The molecule has 7 heteroatoms. The van der Waals surface area contributed by atoms with Gasteiger partial charge in [-0.2, -0.15) is 0 Å². The molecule has 28 heavy (non-hydrogen) atoms. The van der Waals surface area contributed by atoms with Crippen molar-refractivity contribution in [2.24, 2.45) is 0 Å². The van der Waals surface area contributed by atoms with E-state index in [9.17, 15) is 19.2 Å². The van der Waals surface area contributed by atoms with Crippen LogP contribution in [0, 0.1) is 13.8 Å². The van der Waals surface area contributed by atoms with Crippen LogP contribution in [0.4, 0.5) is 0 Å². The third-order valence-corrected chi connectivity index (χ3v) is 4.19. The Morgan fingerprint density at radius 2 is 1.75 bits per heavy atom. The van der Waals surface area contributed by atoms with Gasteiger partial charge in [-0.25, -0.2) is 4.79 Å². The molecule has 1 aromatic heterocycles. The highest BCUT2D eigenvalue weighted by molar-refractivity contribution is 6.09. The lowest BCUT2D eigenvalue weighted by Gasteiger charge is -2.14. The number of aromatic nitrogens is 2. The molecule has 148 valence electrons. The molecule has 0 aliphatic rings. The van der Waals surface area contributed by atoms with Crippen LogP contribution in [0.25, 0.3) is 0 Å². The van der Waals surface area contributed by atoms with Gasteiger partial charge >= 0.3 is 11.7 Å². The quantitative estimate of drug-likeness (QED) is 0.448. The van der Waals surface area contributed by atoms with Crippen molar-refractivity contribution >= 4 is 11.8 Å². The van der Waals surface area contributed by atoms with E-state index < -0.39 is 17.2 Å². The second-order valence-electron chi connectivity index (χ2n) is 6.53. The Morgan fingerprint density at radius 3 is 2.32 bits per heavy atom. The minimum absolute atomic E-state index is 0.0639. The van der Waals surface area contributed by atoms with Crippen molar-refractivity contribution in [3.8, 4) is 0 Å². The van der Waals surface area contributed by atoms with Crippen LogP contribution in [0.5, 0.6) is 0 Å². The van der Waals surface area contributed by atoms with Gasteiger partial charge in [0, 0.05) is 24.6 Å². The average Bonchev–Trinajstić information content (AvgIpc) is 2.60. The molecule has 0 atom stereocenters. The first-order valence-electron chi connectivity index (χ1n) is 9.02. The smallest absolute Gasteiger partial charge is 0.329 e. The molecule has 1 N–H and O–H groups in total. The van der Waals surface area contributed by atoms with Crippen molar-refractivity contribution in [3.05, 3.63) is 79.1 Å². The van der Waals surface area contributed by atoms with Gasteiger partial charge in [0.25, 0.3) is 5.56 Å². The van der Waals surface area contributed by atoms with Gasteiger partial charge in [0.2, 0.25) is 5.78 Å². The van der Waals surface area contributed by atoms with Crippen LogP contribution in [0.2, 0.25) is 0 Å². The number of benzene rings is 1. The van der Waals surface area contributed by atoms with Crippen LogP contribution in [-0.4, -0.2) is 27.9 Å². The summed E-state index contributed by atoms with van der Waals surface area (Å²) in [7, 11) is 0. The highest BCUT2D eigenvalue weighted by atomic mass is 16.5. The number of aryl methyl sites for hydroxylation is 2. The van der Waals surface area contributed by atoms with Gasteiger partial charge in [0.1, 0.15) is 12.3 Å². The van der Waals surface area contributed by atoms with E-state index in [0.29, 0.717) is 12.0 Å². The number of aromatic amines is 1. The number of ether oxygens (including phenoxy) is 1. The fourth-order valence-corrected chi connectivity index (χ4v) is 3.03. The number of hydrogen-bond acceptors (Lipinski definition) is 5. The standard InChI is InChI=1S/C21H24N2O5/c1-5-17-18(19(25)16-11-13(2)10-14(3)12-16)23(21(27)22-20(17)26)8-6-7-9-28-15(4)24/h6-7,10-12H,5,8-9H2,1-4H3,(H,22,26,27). The molecule has 1 aromatic carbocycles. The van der Waals surface area contributed by atoms with Crippen LogP contribution in [0.15, 0.2) is 39.9 Å². The SMILES string of the molecule is CCc1c(C(=O)c2cc(C)cc(C)c2)n(CC=CCOC(C)=O)c(=O)[nH]c1=O. The van der Waals surface area contributed by atoms with Gasteiger partial charge in [0.15, 0.2) is 0 Å². The molecule has 7 nitrogen and oxygen atoms in total. The summed E-state index contributed by atoms with van der Waals surface area (Å²) in [5, 5.41) is 0. The van der Waals surface area contributed by atoms with Crippen molar-refractivity contribution in [3.63, 3.8) is 0 Å². The van der Waals surface area contributed by atoms with Crippen molar-refractivity contribution in [2.75, 3.05) is 6.61 Å². The Hall–Kier alpha value is -3.22. The van der Waals surface area contributed by atoms with E-state index in [1.165, 1.54) is 11.5 Å². The Morgan fingerprint density at radius 1 is 1.11 bits per heavy atom. The number of hydrogen-bond donors (Lipinski definition) is 1. The van der Waals surface area contributed by atoms with E-state index >= 15 is 0 Å². The van der Waals surface area contributed by atoms with Gasteiger partial charge in [-0.15, -0.1) is 0 Å². The van der Waals surface area contributed by atoms with Crippen molar-refractivity contribution in [1.82, 2.24) is 9.55 Å². The van der Waals surface area contributed by atoms with Crippen LogP contribution < -0.4 is 11.2 Å². The molecule has 0 saturated carbocycles. The third-order valence-electron chi connectivity index (χ3n) is 4.19. The molecular weight excluding hydrogens is 360 g/mol. The van der Waals surface area contributed by atoms with Gasteiger partial charge < -0.3 is 4.74 Å². The number of H-pyrrole nitrogens is 1. The summed E-state index contributed by atoms with van der Waals surface area (Å²) in [6.45, 7) is 6.95. The number of esters is 1. The monoisotopic (exact) mass is 384 g/mol. The predicted octanol–water partition coefficient (Wildman–Crippen LogP) is 2.07. The number of carbonyl (C=O) groups excluding carboxylic acids is 2. The van der Waals surface area contributed by atoms with E-state index in [2.05, 4.69) is 4.98 Å². The summed E-state index contributed by atoms with van der Waals surface area (Å²) in [5.74, 6) is -0.787. The van der Waals surface area contributed by atoms with Gasteiger partial charge in [-0.1, -0.05) is 30.2 Å². The van der Waals surface area contributed by atoms with Crippen LogP contribution >= 0.6 is 0 Å². The maximum Gasteiger partial charge on any atom is 0.329 e. The number of ketones is 1. The largest absolute Gasteiger partial charge is 0.462 e. The second kappa shape index (κ2) is 9.12. The fourth-order valence-electron chi connectivity index (χ4n) is 3.03. The zero-order valence-corrected chi connectivity index (χ0v) is 16.5. The highest BCUT2D eigenvalue weighted by Gasteiger charge is 2.21. The maximum absolute atomic E-state index is 13.2. The summed E-state index contributed by atoms with van der Waals surface area (Å²) in [6.07, 6.45) is 3.49. The van der Waals surface area contributed by atoms with E-state index in [1.54, 1.807) is 31.2 Å². The molecule has 0 aliphatic heterocycles. The lowest BCUT2D eigenvalue weighted by molar-refractivity contribution is -0.139. The number of nitrogens with zero attached hydrogens (tertiary/aromatic N) is 1. The molecule has 0 amide bonds. The van der Waals surface area contributed by atoms with Crippen molar-refractivity contribution in [2.45, 2.75) is 40.7 Å². The normalized spacial score (nSPS) is 11.0. The summed E-state index contributed by atoms with van der Waals surface area (Å²) < 4.78 is 6.05. The maximum atomic E-state index is 13.2. The van der Waals surface area contributed by atoms with Crippen molar-refractivity contribution < 1.29 is 14.3 Å². The minimum atomic E-state index is -0.660. The molecule has 2 rings (SSSR count). The zero-order valence-electron chi connectivity index (χ0n) is 16.5. The summed E-state index contributed by atoms with van der Waals surface area (Å²) in [5.41, 5.74) is 1.39. The van der Waals surface area contributed by atoms with Crippen LogP contribution in [-0.2, 0) is 22.5 Å². The van der Waals surface area contributed by atoms with Gasteiger partial charge in [-0.3, -0.25) is 23.9 Å². The van der Waals surface area contributed by atoms with E-state index in [-0.39, 0.29) is 30.2 Å². The molecule has 0 spiro atoms. The lowest BCUT2D eigenvalue weighted by atomic mass is 9.99. The van der Waals surface area contributed by atoms with E-state index in [4.69, 9.17) is 4.74 Å². The Bertz CT molecular complexity index is 1020. The first-order valence-corrected chi connectivity index (χ1v) is 9.02. The van der Waals surface area contributed by atoms with E-state index in [1.807, 2.05) is 19.9 Å². The topological polar surface area (TPSA) is 98.2 Å². The molecule has 0 bridgehead atoms. The molecule has 0 radical (unpaired) electrons. The Balaban J connectivity index is 2.54. The first-order chi connectivity index (χ1) is 13.2. The molecule has 0 fully saturated rings. The molecule has 2 aromatic rings. The molecular formula is C21H24N2O5. The number of carbonyl (C=O) groups is 2. The predicted molar refractivity (Wildman–Crippen MR) is 106 cm³/mol. The van der Waals surface area contributed by atoms with Gasteiger partial charge in [0.05, 0.1) is 0 Å². The van der Waals surface area contributed by atoms with Crippen LogP contribution in [0.3, 0.4) is 0 Å². The number of allylic oxidation sites excluding steroid dienone is 1. The molecule has 0 saturated heterocycles. The minimum Gasteiger partial charge on any atom is -0.462 e. The fraction of sp³-hybridized carbons (Fsp3) is 0.333. The average molecular weight is 384 g/mol. The zero-order chi connectivity index (χ0) is 20.8. The summed E-state index contributed by atoms with van der Waals surface area (Å²) in [4.78, 5) is 51.0.